The number of aromatic nitrogens is 4. The van der Waals surface area contributed by atoms with E-state index in [1.165, 1.54) is 0 Å². The van der Waals surface area contributed by atoms with Crippen LogP contribution in [0.25, 0.3) is 10.9 Å². The summed E-state index contributed by atoms with van der Waals surface area (Å²) >= 11 is 0. The van der Waals surface area contributed by atoms with Crippen molar-refractivity contribution in [1.82, 2.24) is 25.1 Å². The molecule has 0 bridgehead atoms. The number of para-hydroxylation sites is 1. The van der Waals surface area contributed by atoms with E-state index in [0.29, 0.717) is 5.56 Å². The van der Waals surface area contributed by atoms with E-state index in [0.717, 1.165) is 42.7 Å². The summed E-state index contributed by atoms with van der Waals surface area (Å²) in [5, 5.41) is 7.93. The predicted molar refractivity (Wildman–Crippen MR) is 95.5 cm³/mol. The summed E-state index contributed by atoms with van der Waals surface area (Å²) in [6.45, 7) is 1.74. The SMILES string of the molecule is CN(C(=O)c1cccc2cn[nH]c12)C1CCN(c2cnccn2)CC1. The Morgan fingerprint density at radius 3 is 2.84 bits per heavy atom. The molecule has 1 N–H and O–H groups in total. The fraction of sp³-hybridized carbons (Fsp3) is 0.333. The molecule has 128 valence electrons. The van der Waals surface area contributed by atoms with Crippen molar-refractivity contribution in [3.05, 3.63) is 48.5 Å². The van der Waals surface area contributed by atoms with Crippen LogP contribution in [-0.4, -0.2) is 57.2 Å². The van der Waals surface area contributed by atoms with Gasteiger partial charge in [-0.05, 0) is 18.9 Å². The van der Waals surface area contributed by atoms with Gasteiger partial charge in [-0.15, -0.1) is 0 Å². The number of fused-ring (bicyclic) bond motifs is 1. The Hall–Kier alpha value is -2.96. The van der Waals surface area contributed by atoms with Gasteiger partial charge in [0.25, 0.3) is 5.91 Å². The highest BCUT2D eigenvalue weighted by Crippen LogP contribution is 2.23. The van der Waals surface area contributed by atoms with Crippen molar-refractivity contribution in [3.8, 4) is 0 Å². The molecule has 1 saturated heterocycles. The van der Waals surface area contributed by atoms with E-state index in [4.69, 9.17) is 0 Å². The Bertz CT molecular complexity index is 869. The van der Waals surface area contributed by atoms with E-state index in [-0.39, 0.29) is 11.9 Å². The van der Waals surface area contributed by atoms with E-state index in [1.54, 1.807) is 24.8 Å². The molecule has 3 heterocycles. The molecule has 25 heavy (non-hydrogen) atoms. The summed E-state index contributed by atoms with van der Waals surface area (Å²) in [5.74, 6) is 0.935. The third kappa shape index (κ3) is 2.93. The smallest absolute Gasteiger partial charge is 0.256 e. The minimum absolute atomic E-state index is 0.0350. The maximum Gasteiger partial charge on any atom is 0.256 e. The van der Waals surface area contributed by atoms with Crippen LogP contribution in [0.3, 0.4) is 0 Å². The molecule has 2 aromatic heterocycles. The van der Waals surface area contributed by atoms with Crippen LogP contribution in [0.1, 0.15) is 23.2 Å². The first kappa shape index (κ1) is 15.6. The van der Waals surface area contributed by atoms with Crippen LogP contribution < -0.4 is 4.90 Å². The normalized spacial score (nSPS) is 15.5. The minimum Gasteiger partial charge on any atom is -0.355 e. The molecule has 1 aromatic carbocycles. The molecule has 0 aliphatic carbocycles. The molecule has 4 rings (SSSR count). The standard InChI is InChI=1S/C18H20N6O/c1-23(18(25)15-4-2-3-13-11-21-22-17(13)15)14-5-9-24(10-6-14)16-12-19-7-8-20-16/h2-4,7-8,11-12,14H,5-6,9-10H2,1H3,(H,21,22). The highest BCUT2D eigenvalue weighted by molar-refractivity contribution is 6.05. The lowest BCUT2D eigenvalue weighted by molar-refractivity contribution is 0.0711. The number of H-pyrrole nitrogens is 1. The molecule has 1 aliphatic heterocycles. The quantitative estimate of drug-likeness (QED) is 0.792. The van der Waals surface area contributed by atoms with Crippen molar-refractivity contribution < 1.29 is 4.79 Å². The Kier molecular flexibility index (Phi) is 4.05. The van der Waals surface area contributed by atoms with Gasteiger partial charge in [0.1, 0.15) is 5.82 Å². The fourth-order valence-corrected chi connectivity index (χ4v) is 3.44. The van der Waals surface area contributed by atoms with Gasteiger partial charge in [0, 0.05) is 44.0 Å². The molecule has 0 spiro atoms. The zero-order chi connectivity index (χ0) is 17.2. The molecule has 0 saturated carbocycles. The fourth-order valence-electron chi connectivity index (χ4n) is 3.44. The van der Waals surface area contributed by atoms with Crippen LogP contribution in [0.4, 0.5) is 5.82 Å². The average molecular weight is 336 g/mol. The maximum absolute atomic E-state index is 12.9. The number of nitrogens with zero attached hydrogens (tertiary/aromatic N) is 5. The molecular weight excluding hydrogens is 316 g/mol. The number of amides is 1. The number of nitrogens with one attached hydrogen (secondary N) is 1. The van der Waals surface area contributed by atoms with Gasteiger partial charge in [-0.3, -0.25) is 14.9 Å². The monoisotopic (exact) mass is 336 g/mol. The van der Waals surface area contributed by atoms with Gasteiger partial charge in [0.15, 0.2) is 0 Å². The second-order valence-corrected chi connectivity index (χ2v) is 6.34. The van der Waals surface area contributed by atoms with Crippen LogP contribution in [0.15, 0.2) is 43.0 Å². The highest BCUT2D eigenvalue weighted by atomic mass is 16.2. The lowest BCUT2D eigenvalue weighted by Crippen LogP contribution is -2.46. The van der Waals surface area contributed by atoms with Crippen LogP contribution in [0, 0.1) is 0 Å². The lowest BCUT2D eigenvalue weighted by atomic mass is 10.0. The third-order valence-electron chi connectivity index (χ3n) is 4.91. The van der Waals surface area contributed by atoms with Gasteiger partial charge in [-0.1, -0.05) is 12.1 Å². The number of hydrogen-bond donors (Lipinski definition) is 1. The minimum atomic E-state index is 0.0350. The number of aromatic amines is 1. The number of anilines is 1. The van der Waals surface area contributed by atoms with Crippen LogP contribution >= 0.6 is 0 Å². The van der Waals surface area contributed by atoms with Gasteiger partial charge >= 0.3 is 0 Å². The largest absolute Gasteiger partial charge is 0.355 e. The van der Waals surface area contributed by atoms with E-state index in [2.05, 4.69) is 25.1 Å². The van der Waals surface area contributed by atoms with Gasteiger partial charge in [-0.2, -0.15) is 5.10 Å². The van der Waals surface area contributed by atoms with Crippen molar-refractivity contribution in [2.75, 3.05) is 25.0 Å². The predicted octanol–water partition coefficient (Wildman–Crippen LogP) is 2.09. The second-order valence-electron chi connectivity index (χ2n) is 6.34. The van der Waals surface area contributed by atoms with Crippen LogP contribution in [0.5, 0.6) is 0 Å². The number of carbonyl (C=O) groups is 1. The first-order valence-electron chi connectivity index (χ1n) is 8.44. The summed E-state index contributed by atoms with van der Waals surface area (Å²) < 4.78 is 0. The van der Waals surface area contributed by atoms with Crippen molar-refractivity contribution in [1.29, 1.82) is 0 Å². The molecule has 0 atom stereocenters. The zero-order valence-corrected chi connectivity index (χ0v) is 14.1. The van der Waals surface area contributed by atoms with Crippen LogP contribution in [0.2, 0.25) is 0 Å². The van der Waals surface area contributed by atoms with Gasteiger partial charge in [0.05, 0.1) is 23.5 Å². The molecule has 3 aromatic rings. The average Bonchev–Trinajstić information content (AvgIpc) is 3.16. The Morgan fingerprint density at radius 1 is 1.24 bits per heavy atom. The van der Waals surface area contributed by atoms with Crippen LogP contribution in [-0.2, 0) is 0 Å². The summed E-state index contributed by atoms with van der Waals surface area (Å²) in [7, 11) is 1.89. The molecule has 7 nitrogen and oxygen atoms in total. The summed E-state index contributed by atoms with van der Waals surface area (Å²) in [5.41, 5.74) is 1.48. The molecule has 0 unspecified atom stereocenters. The molecule has 1 amide bonds. The summed E-state index contributed by atoms with van der Waals surface area (Å²) in [6, 6.07) is 5.93. The van der Waals surface area contributed by atoms with E-state index in [1.807, 2.05) is 30.1 Å². The maximum atomic E-state index is 12.9. The lowest BCUT2D eigenvalue weighted by Gasteiger charge is -2.37. The molecule has 1 aliphatic rings. The number of carbonyl (C=O) groups excluding carboxylic acids is 1. The number of hydrogen-bond acceptors (Lipinski definition) is 5. The summed E-state index contributed by atoms with van der Waals surface area (Å²) in [6.07, 6.45) is 8.75. The first-order chi connectivity index (χ1) is 12.2. The topological polar surface area (TPSA) is 78.0 Å². The van der Waals surface area contributed by atoms with E-state index < -0.39 is 0 Å². The van der Waals surface area contributed by atoms with Crippen molar-refractivity contribution >= 4 is 22.6 Å². The second kappa shape index (κ2) is 6.51. The Balaban J connectivity index is 1.46. The number of rotatable bonds is 3. The van der Waals surface area contributed by atoms with Crippen molar-refractivity contribution in [2.45, 2.75) is 18.9 Å². The number of piperidine rings is 1. The highest BCUT2D eigenvalue weighted by Gasteiger charge is 2.27. The molecule has 0 radical (unpaired) electrons. The molecular formula is C18H20N6O. The Labute approximate surface area is 145 Å². The summed E-state index contributed by atoms with van der Waals surface area (Å²) in [4.78, 5) is 25.5. The van der Waals surface area contributed by atoms with Gasteiger partial charge < -0.3 is 9.80 Å². The van der Waals surface area contributed by atoms with Gasteiger partial charge in [-0.25, -0.2) is 4.98 Å². The molecule has 1 fully saturated rings. The van der Waals surface area contributed by atoms with E-state index >= 15 is 0 Å². The Morgan fingerprint density at radius 2 is 2.08 bits per heavy atom. The van der Waals surface area contributed by atoms with Gasteiger partial charge in [0.2, 0.25) is 0 Å². The first-order valence-corrected chi connectivity index (χ1v) is 8.44. The number of benzene rings is 1. The van der Waals surface area contributed by atoms with E-state index in [9.17, 15) is 4.79 Å². The van der Waals surface area contributed by atoms with Crippen molar-refractivity contribution in [2.24, 2.45) is 0 Å². The van der Waals surface area contributed by atoms with Crippen molar-refractivity contribution in [3.63, 3.8) is 0 Å². The molecule has 7 heteroatoms. The zero-order valence-electron chi connectivity index (χ0n) is 14.1. The third-order valence-corrected chi connectivity index (χ3v) is 4.91.